The number of nitrogens with zero attached hydrogens (tertiary/aromatic N) is 4. The third-order valence-electron chi connectivity index (χ3n) is 3.78. The molecule has 0 N–H and O–H groups in total. The third kappa shape index (κ3) is 2.27. The molecular formula is C13H17ClN4O. The summed E-state index contributed by atoms with van der Waals surface area (Å²) in [5, 5.41) is 0.178. The first kappa shape index (κ1) is 12.7. The van der Waals surface area contributed by atoms with Crippen molar-refractivity contribution < 1.29 is 4.79 Å². The largest absolute Gasteiger partial charge is 0.326 e. The van der Waals surface area contributed by atoms with Gasteiger partial charge < -0.3 is 4.90 Å². The van der Waals surface area contributed by atoms with E-state index in [-0.39, 0.29) is 17.4 Å². The molecule has 2 aliphatic rings. The summed E-state index contributed by atoms with van der Waals surface area (Å²) in [6.45, 7) is 5.04. The first-order chi connectivity index (χ1) is 9.08. The van der Waals surface area contributed by atoms with Crippen molar-refractivity contribution in [2.24, 2.45) is 5.92 Å². The zero-order valence-corrected chi connectivity index (χ0v) is 11.8. The summed E-state index contributed by atoms with van der Waals surface area (Å²) in [5.74, 6) is 0.980. The summed E-state index contributed by atoms with van der Waals surface area (Å²) in [6.07, 6.45) is 3.83. The van der Waals surface area contributed by atoms with Crippen LogP contribution in [0, 0.1) is 5.92 Å². The molecule has 1 saturated heterocycles. The molecule has 2 fully saturated rings. The summed E-state index contributed by atoms with van der Waals surface area (Å²) in [4.78, 5) is 24.4. The van der Waals surface area contributed by atoms with Crippen LogP contribution in [0.3, 0.4) is 0 Å². The molecule has 1 aromatic rings. The topological polar surface area (TPSA) is 49.3 Å². The minimum Gasteiger partial charge on any atom is -0.319 e. The Balaban J connectivity index is 1.94. The lowest BCUT2D eigenvalue weighted by atomic mass is 10.0. The van der Waals surface area contributed by atoms with Gasteiger partial charge in [0.1, 0.15) is 5.82 Å². The summed E-state index contributed by atoms with van der Waals surface area (Å²) in [6, 6.07) is 2.38. The van der Waals surface area contributed by atoms with E-state index in [4.69, 9.17) is 11.6 Å². The van der Waals surface area contributed by atoms with Crippen LogP contribution in [-0.2, 0) is 0 Å². The molecule has 1 aliphatic carbocycles. The predicted octanol–water partition coefficient (Wildman–Crippen LogP) is 2.56. The van der Waals surface area contributed by atoms with Gasteiger partial charge in [-0.25, -0.2) is 14.8 Å². The molecular weight excluding hydrogens is 264 g/mol. The fraction of sp³-hybridized carbons (Fsp3) is 0.615. The molecule has 5 nitrogen and oxygen atoms in total. The van der Waals surface area contributed by atoms with Gasteiger partial charge in [-0.1, -0.05) is 13.8 Å². The number of rotatable bonds is 3. The number of anilines is 1. The maximum Gasteiger partial charge on any atom is 0.326 e. The quantitative estimate of drug-likeness (QED) is 0.800. The van der Waals surface area contributed by atoms with Gasteiger partial charge in [-0.3, -0.25) is 4.90 Å². The van der Waals surface area contributed by atoms with Crippen molar-refractivity contribution in [2.75, 3.05) is 11.4 Å². The van der Waals surface area contributed by atoms with Crippen molar-refractivity contribution in [1.29, 1.82) is 0 Å². The SMILES string of the molecule is CC(C)C1CN(C2CC2)C(=O)N1c1ccnc(Cl)n1. The molecule has 1 aliphatic heterocycles. The predicted molar refractivity (Wildman–Crippen MR) is 73.3 cm³/mol. The molecule has 0 aromatic carbocycles. The number of halogens is 1. The summed E-state index contributed by atoms with van der Waals surface area (Å²) < 4.78 is 0. The van der Waals surface area contributed by atoms with E-state index in [2.05, 4.69) is 23.8 Å². The Morgan fingerprint density at radius 3 is 2.74 bits per heavy atom. The van der Waals surface area contributed by atoms with Gasteiger partial charge >= 0.3 is 6.03 Å². The van der Waals surface area contributed by atoms with Crippen LogP contribution < -0.4 is 4.90 Å². The van der Waals surface area contributed by atoms with Crippen molar-refractivity contribution in [3.05, 3.63) is 17.5 Å². The molecule has 3 rings (SSSR count). The highest BCUT2D eigenvalue weighted by molar-refractivity contribution is 6.28. The Labute approximate surface area is 117 Å². The normalized spacial score (nSPS) is 23.6. The van der Waals surface area contributed by atoms with Gasteiger partial charge in [-0.2, -0.15) is 0 Å². The van der Waals surface area contributed by atoms with Gasteiger partial charge in [0.2, 0.25) is 5.28 Å². The first-order valence-corrected chi connectivity index (χ1v) is 7.04. The minimum absolute atomic E-state index is 0.0518. The molecule has 0 bridgehead atoms. The van der Waals surface area contributed by atoms with Crippen LogP contribution in [-0.4, -0.2) is 39.5 Å². The smallest absolute Gasteiger partial charge is 0.319 e. The van der Waals surface area contributed by atoms with Crippen molar-refractivity contribution in [3.8, 4) is 0 Å². The van der Waals surface area contributed by atoms with E-state index in [1.165, 1.54) is 0 Å². The highest BCUT2D eigenvalue weighted by atomic mass is 35.5. The Bertz CT molecular complexity index is 503. The van der Waals surface area contributed by atoms with Crippen LogP contribution in [0.5, 0.6) is 0 Å². The molecule has 6 heteroatoms. The molecule has 1 atom stereocenters. The zero-order valence-electron chi connectivity index (χ0n) is 11.1. The van der Waals surface area contributed by atoms with E-state index in [0.717, 1.165) is 19.4 Å². The van der Waals surface area contributed by atoms with Crippen LogP contribution in [0.1, 0.15) is 26.7 Å². The van der Waals surface area contributed by atoms with Gasteiger partial charge in [0.25, 0.3) is 0 Å². The van der Waals surface area contributed by atoms with Crippen molar-refractivity contribution in [3.63, 3.8) is 0 Å². The summed E-state index contributed by atoms with van der Waals surface area (Å²) in [7, 11) is 0. The van der Waals surface area contributed by atoms with Crippen LogP contribution in [0.15, 0.2) is 12.3 Å². The molecule has 19 heavy (non-hydrogen) atoms. The maximum atomic E-state index is 12.6. The van der Waals surface area contributed by atoms with Gasteiger partial charge in [0.15, 0.2) is 0 Å². The third-order valence-corrected chi connectivity index (χ3v) is 3.96. The Kier molecular flexibility index (Phi) is 3.09. The van der Waals surface area contributed by atoms with Crippen molar-refractivity contribution in [1.82, 2.24) is 14.9 Å². The van der Waals surface area contributed by atoms with Crippen LogP contribution >= 0.6 is 11.6 Å². The number of carbonyl (C=O) groups is 1. The number of urea groups is 1. The molecule has 1 saturated carbocycles. The van der Waals surface area contributed by atoms with Gasteiger partial charge in [-0.15, -0.1) is 0 Å². The second-order valence-electron chi connectivity index (χ2n) is 5.53. The molecule has 0 radical (unpaired) electrons. The van der Waals surface area contributed by atoms with E-state index in [9.17, 15) is 4.79 Å². The Hall–Kier alpha value is -1.36. The van der Waals surface area contributed by atoms with Crippen LogP contribution in [0.4, 0.5) is 10.6 Å². The fourth-order valence-corrected chi connectivity index (χ4v) is 2.71. The summed E-state index contributed by atoms with van der Waals surface area (Å²) in [5.41, 5.74) is 0. The average molecular weight is 281 g/mol. The number of amides is 2. The number of aromatic nitrogens is 2. The monoisotopic (exact) mass is 280 g/mol. The lowest BCUT2D eigenvalue weighted by Gasteiger charge is -2.24. The first-order valence-electron chi connectivity index (χ1n) is 6.66. The van der Waals surface area contributed by atoms with Crippen LogP contribution in [0.2, 0.25) is 5.28 Å². The lowest BCUT2D eigenvalue weighted by molar-refractivity contribution is 0.218. The maximum absolute atomic E-state index is 12.6. The molecule has 102 valence electrons. The number of hydrogen-bond acceptors (Lipinski definition) is 3. The fourth-order valence-electron chi connectivity index (χ4n) is 2.57. The lowest BCUT2D eigenvalue weighted by Crippen LogP contribution is -2.38. The summed E-state index contributed by atoms with van der Waals surface area (Å²) >= 11 is 5.84. The van der Waals surface area contributed by atoms with Gasteiger partial charge in [-0.05, 0) is 36.4 Å². The van der Waals surface area contributed by atoms with Crippen molar-refractivity contribution in [2.45, 2.75) is 38.8 Å². The second-order valence-corrected chi connectivity index (χ2v) is 5.87. The number of carbonyl (C=O) groups excluding carboxylic acids is 1. The Morgan fingerprint density at radius 2 is 2.16 bits per heavy atom. The Morgan fingerprint density at radius 1 is 1.42 bits per heavy atom. The zero-order chi connectivity index (χ0) is 13.6. The highest BCUT2D eigenvalue weighted by Crippen LogP contribution is 2.35. The number of hydrogen-bond donors (Lipinski definition) is 0. The van der Waals surface area contributed by atoms with Crippen LogP contribution in [0.25, 0.3) is 0 Å². The van der Waals surface area contributed by atoms with E-state index in [0.29, 0.717) is 17.8 Å². The van der Waals surface area contributed by atoms with Gasteiger partial charge in [0.05, 0.1) is 6.04 Å². The molecule has 2 heterocycles. The second kappa shape index (κ2) is 4.63. The molecule has 2 amide bonds. The van der Waals surface area contributed by atoms with E-state index >= 15 is 0 Å². The molecule has 1 aromatic heterocycles. The van der Waals surface area contributed by atoms with Gasteiger partial charge in [0, 0.05) is 18.8 Å². The van der Waals surface area contributed by atoms with E-state index < -0.39 is 0 Å². The molecule has 0 spiro atoms. The van der Waals surface area contributed by atoms with E-state index in [1.54, 1.807) is 17.2 Å². The van der Waals surface area contributed by atoms with E-state index in [1.807, 2.05) is 4.90 Å². The standard InChI is InChI=1S/C13H17ClN4O/c1-8(2)10-7-17(9-3-4-9)13(19)18(10)11-5-6-15-12(14)16-11/h5-6,8-10H,3-4,7H2,1-2H3. The molecule has 1 unspecified atom stereocenters. The average Bonchev–Trinajstić information content (AvgIpc) is 3.13. The minimum atomic E-state index is 0.0518. The van der Waals surface area contributed by atoms with Crippen molar-refractivity contribution >= 4 is 23.4 Å². The highest BCUT2D eigenvalue weighted by Gasteiger charge is 2.46.